The summed E-state index contributed by atoms with van der Waals surface area (Å²) in [6.07, 6.45) is 3.86. The molecule has 0 spiro atoms. The summed E-state index contributed by atoms with van der Waals surface area (Å²) in [4.78, 5) is 21.0. The summed E-state index contributed by atoms with van der Waals surface area (Å²) in [5.41, 5.74) is 24.9. The summed E-state index contributed by atoms with van der Waals surface area (Å²) in [7, 11) is 0. The Bertz CT molecular complexity index is 7080. The highest BCUT2D eigenvalue weighted by Crippen LogP contribution is 2.47. The lowest BCUT2D eigenvalue weighted by Gasteiger charge is -2.13. The Hall–Kier alpha value is -14.3. The van der Waals surface area contributed by atoms with Gasteiger partial charge < -0.3 is 8.83 Å². The Balaban J connectivity index is 0.000000134. The van der Waals surface area contributed by atoms with E-state index in [1.54, 1.807) is 0 Å². The van der Waals surface area contributed by atoms with Crippen LogP contribution < -0.4 is 0 Å². The molecule has 0 aliphatic carbocycles. The number of rotatable bonds is 8. The Morgan fingerprint density at radius 2 is 0.509 bits per heavy atom. The first-order valence-corrected chi connectivity index (χ1v) is 39.4. The first-order chi connectivity index (χ1) is 55.5. The van der Waals surface area contributed by atoms with Gasteiger partial charge >= 0.3 is 0 Å². The molecule has 112 heavy (non-hydrogen) atoms. The number of para-hydroxylation sites is 4. The van der Waals surface area contributed by atoms with Gasteiger partial charge in [0.2, 0.25) is 0 Å². The summed E-state index contributed by atoms with van der Waals surface area (Å²) in [6, 6.07) is 126. The number of furan rings is 2. The van der Waals surface area contributed by atoms with Gasteiger partial charge in [-0.05, 0) is 138 Å². The lowest BCUT2D eigenvalue weighted by molar-refractivity contribution is 0.669. The highest BCUT2D eigenvalue weighted by Gasteiger charge is 2.21. The van der Waals surface area contributed by atoms with Gasteiger partial charge in [-0.1, -0.05) is 291 Å². The van der Waals surface area contributed by atoms with E-state index in [9.17, 15) is 0 Å². The van der Waals surface area contributed by atoms with E-state index in [2.05, 4.69) is 328 Å². The average Bonchev–Trinajstić information content (AvgIpc) is 1.29. The molecule has 6 heterocycles. The Labute approximate surface area is 649 Å². The van der Waals surface area contributed by atoms with Crippen LogP contribution in [0.4, 0.5) is 0 Å². The van der Waals surface area contributed by atoms with Crippen LogP contribution in [0.15, 0.2) is 373 Å². The molecule has 24 rings (SSSR count). The van der Waals surface area contributed by atoms with E-state index in [4.69, 9.17) is 28.8 Å². The molecule has 6 aromatic heterocycles. The van der Waals surface area contributed by atoms with Crippen LogP contribution in [0.1, 0.15) is 0 Å². The molecule has 0 saturated heterocycles. The normalized spacial score (nSPS) is 11.9. The number of benzene rings is 18. The number of nitrogens with zero attached hydrogens (tertiary/aromatic N) is 4. The summed E-state index contributed by atoms with van der Waals surface area (Å²) in [6.45, 7) is 0. The molecule has 18 aromatic carbocycles. The zero-order valence-corrected chi connectivity index (χ0v) is 61.7. The fourth-order valence-corrected chi connectivity index (χ4v) is 19.8. The third kappa shape index (κ3) is 10.4. The first-order valence-electron chi connectivity index (χ1n) is 37.8. The van der Waals surface area contributed by atoms with Crippen molar-refractivity contribution in [1.29, 1.82) is 0 Å². The Morgan fingerprint density at radius 3 is 0.955 bits per heavy atom. The van der Waals surface area contributed by atoms with Crippen molar-refractivity contribution < 1.29 is 8.83 Å². The minimum absolute atomic E-state index is 0.827. The van der Waals surface area contributed by atoms with Crippen LogP contribution in [-0.4, -0.2) is 19.9 Å². The van der Waals surface area contributed by atoms with Crippen molar-refractivity contribution in [3.63, 3.8) is 0 Å². The van der Waals surface area contributed by atoms with Gasteiger partial charge in [0.05, 0.1) is 45.8 Å². The number of aromatic nitrogens is 4. The van der Waals surface area contributed by atoms with E-state index in [1.807, 2.05) is 59.3 Å². The Kier molecular flexibility index (Phi) is 14.6. The van der Waals surface area contributed by atoms with Crippen molar-refractivity contribution in [1.82, 2.24) is 19.9 Å². The molecule has 0 saturated carbocycles. The quantitative estimate of drug-likeness (QED) is 0.141. The highest BCUT2D eigenvalue weighted by atomic mass is 32.1. The van der Waals surface area contributed by atoms with Crippen LogP contribution in [-0.2, 0) is 0 Å². The zero-order valence-electron chi connectivity index (χ0n) is 60.1. The van der Waals surface area contributed by atoms with Crippen LogP contribution in [0.25, 0.3) is 239 Å². The fourth-order valence-electron chi connectivity index (χ4n) is 17.3. The maximum atomic E-state index is 6.40. The van der Waals surface area contributed by atoms with Gasteiger partial charge in [-0.25, -0.2) is 9.97 Å². The molecule has 520 valence electrons. The van der Waals surface area contributed by atoms with Crippen molar-refractivity contribution in [3.8, 4) is 89.3 Å². The molecule has 0 aliphatic heterocycles. The topological polar surface area (TPSA) is 77.8 Å². The zero-order chi connectivity index (χ0) is 73.5. The maximum absolute atomic E-state index is 6.40. The third-order valence-corrected chi connectivity index (χ3v) is 25.0. The van der Waals surface area contributed by atoms with E-state index < -0.39 is 0 Å². The van der Waals surface area contributed by atoms with Crippen molar-refractivity contribution in [2.75, 3.05) is 0 Å². The van der Waals surface area contributed by atoms with Crippen LogP contribution in [0, 0.1) is 0 Å². The third-order valence-electron chi connectivity index (χ3n) is 22.6. The van der Waals surface area contributed by atoms with Crippen molar-refractivity contribution in [3.05, 3.63) is 364 Å². The number of hydrogen-bond acceptors (Lipinski definition) is 8. The molecule has 0 bridgehead atoms. The van der Waals surface area contributed by atoms with E-state index >= 15 is 0 Å². The van der Waals surface area contributed by atoms with Crippen molar-refractivity contribution in [2.45, 2.75) is 0 Å². The van der Waals surface area contributed by atoms with Gasteiger partial charge in [0.25, 0.3) is 0 Å². The molecule has 0 N–H and O–H groups in total. The highest BCUT2D eigenvalue weighted by molar-refractivity contribution is 7.26. The first kappa shape index (κ1) is 63.8. The smallest absolute Gasteiger partial charge is 0.143 e. The maximum Gasteiger partial charge on any atom is 0.143 e. The Morgan fingerprint density at radius 1 is 0.196 bits per heavy atom. The molecule has 0 unspecified atom stereocenters. The summed E-state index contributed by atoms with van der Waals surface area (Å²) < 4.78 is 18.1. The summed E-state index contributed by atoms with van der Waals surface area (Å²) in [5, 5.41) is 18.8. The van der Waals surface area contributed by atoms with Crippen molar-refractivity contribution >= 4 is 172 Å². The second-order valence-electron chi connectivity index (χ2n) is 29.0. The van der Waals surface area contributed by atoms with E-state index in [-0.39, 0.29) is 0 Å². The van der Waals surface area contributed by atoms with Gasteiger partial charge in [0.1, 0.15) is 22.3 Å². The van der Waals surface area contributed by atoms with Crippen molar-refractivity contribution in [2.24, 2.45) is 0 Å². The predicted molar refractivity (Wildman–Crippen MR) is 473 cm³/mol. The minimum atomic E-state index is 0.827. The molecule has 0 radical (unpaired) electrons. The molecule has 24 aromatic rings. The van der Waals surface area contributed by atoms with Gasteiger partial charge in [-0.3, -0.25) is 9.97 Å². The molecular weight excluding hydrogens is 1400 g/mol. The van der Waals surface area contributed by atoms with Crippen LogP contribution in [0.3, 0.4) is 0 Å². The molecule has 0 atom stereocenters. The second kappa shape index (κ2) is 25.7. The molecule has 0 fully saturated rings. The largest absolute Gasteiger partial charge is 0.455 e. The fraction of sp³-hybridized carbons (Fsp3) is 0. The van der Waals surface area contributed by atoms with Gasteiger partial charge in [0, 0.05) is 106 Å². The molecule has 6 nitrogen and oxygen atoms in total. The molecule has 0 amide bonds. The predicted octanol–water partition coefficient (Wildman–Crippen LogP) is 29.7. The molecular formula is C104H60N4O2S2. The number of hydrogen-bond donors (Lipinski definition) is 0. The van der Waals surface area contributed by atoms with Crippen LogP contribution in [0.2, 0.25) is 0 Å². The summed E-state index contributed by atoms with van der Waals surface area (Å²) >= 11 is 3.74. The SMILES string of the molecule is c1cc(-c2ccc3c(c2)c2ccccc2c2nc(-c4cccc(-c5cccc6c5oc5ccccc56)c4)cnc32)cc(-c2cccc3c2oc2ccccc23)c1.c1cc(-c2ccc3c(c2)c2ccccc2c2nc(-c4cccc(-c5cccc6c5sc5ccccc56)c4)cnc32)cc(-c2cccc3c2sc2ccccc23)c1. The lowest BCUT2D eigenvalue weighted by Crippen LogP contribution is -1.93. The van der Waals surface area contributed by atoms with Crippen LogP contribution >= 0.6 is 22.7 Å². The number of thiophene rings is 2. The molecule has 8 heteroatoms. The monoisotopic (exact) mass is 1460 g/mol. The lowest BCUT2D eigenvalue weighted by atomic mass is 9.93. The standard InChI is InChI=1S/C52H30N2O2.C52H30N2S2/c2*1-2-18-41-38(15-1)45-29-32(31-11-7-12-33(27-31)36-19-9-21-43-39-16-3-5-23-47(39)55-51(36)43)25-26-42(45)49-50(41)54-46(30-53-49)35-14-8-13-34(28-35)37-20-10-22-44-40-17-4-6-24-48(40)56-52(37)44/h2*1-30H. The van der Waals surface area contributed by atoms with E-state index in [0.717, 1.165) is 154 Å². The van der Waals surface area contributed by atoms with E-state index in [1.165, 1.54) is 84.5 Å². The van der Waals surface area contributed by atoms with E-state index in [0.29, 0.717) is 0 Å². The average molecular weight is 1460 g/mol. The van der Waals surface area contributed by atoms with Crippen LogP contribution in [0.5, 0.6) is 0 Å². The van der Waals surface area contributed by atoms with Gasteiger partial charge in [-0.2, -0.15) is 0 Å². The molecule has 0 aliphatic rings. The minimum Gasteiger partial charge on any atom is -0.455 e. The van der Waals surface area contributed by atoms with Gasteiger partial charge in [-0.15, -0.1) is 22.7 Å². The summed E-state index contributed by atoms with van der Waals surface area (Å²) in [5.74, 6) is 0. The van der Waals surface area contributed by atoms with Gasteiger partial charge in [0.15, 0.2) is 0 Å². The number of fused-ring (bicyclic) bond motifs is 24. The second-order valence-corrected chi connectivity index (χ2v) is 31.1.